The quantitative estimate of drug-likeness (QED) is 0.497. The predicted octanol–water partition coefficient (Wildman–Crippen LogP) is 6.02. The zero-order valence-corrected chi connectivity index (χ0v) is 14.7. The molecule has 2 aliphatic carbocycles. The molecule has 0 aliphatic heterocycles. The lowest BCUT2D eigenvalue weighted by Crippen LogP contribution is -2.07. The fraction of sp³-hybridized carbons (Fsp3) is 0.182. The highest BCUT2D eigenvalue weighted by Crippen LogP contribution is 2.40. The van der Waals surface area contributed by atoms with Crippen molar-refractivity contribution < 1.29 is 0 Å². The fourth-order valence-electron chi connectivity index (χ4n) is 3.68. The van der Waals surface area contributed by atoms with Crippen molar-refractivity contribution in [1.82, 2.24) is 9.97 Å². The second-order valence-electron chi connectivity index (χ2n) is 6.28. The smallest absolute Gasteiger partial charge is 0.0484 e. The van der Waals surface area contributed by atoms with Crippen molar-refractivity contribution >= 4 is 27.9 Å². The van der Waals surface area contributed by atoms with Crippen LogP contribution < -0.4 is 0 Å². The van der Waals surface area contributed by atoms with Gasteiger partial charge in [-0.25, -0.2) is 0 Å². The van der Waals surface area contributed by atoms with Crippen molar-refractivity contribution in [2.24, 2.45) is 0 Å². The van der Waals surface area contributed by atoms with Crippen molar-refractivity contribution in [2.75, 3.05) is 0 Å². The highest BCUT2D eigenvalue weighted by atomic mass is 35.5. The van der Waals surface area contributed by atoms with Crippen LogP contribution in [0.2, 0.25) is 5.02 Å². The maximum Gasteiger partial charge on any atom is 0.0484 e. The molecular weight excluding hydrogens is 328 g/mol. The van der Waals surface area contributed by atoms with Gasteiger partial charge in [0, 0.05) is 35.2 Å². The van der Waals surface area contributed by atoms with Crippen LogP contribution in [0, 0.1) is 0 Å². The van der Waals surface area contributed by atoms with Gasteiger partial charge in [0.05, 0.1) is 0 Å². The molecule has 0 fully saturated rings. The van der Waals surface area contributed by atoms with Crippen LogP contribution in [0.15, 0.2) is 72.8 Å². The van der Waals surface area contributed by atoms with Gasteiger partial charge in [0.2, 0.25) is 0 Å². The molecule has 124 valence electrons. The Morgan fingerprint density at radius 3 is 2.36 bits per heavy atom. The monoisotopic (exact) mass is 346 g/mol. The minimum atomic E-state index is 0.860. The van der Waals surface area contributed by atoms with E-state index in [0.717, 1.165) is 11.4 Å². The third kappa shape index (κ3) is 3.22. The van der Waals surface area contributed by atoms with Crippen LogP contribution in [0.5, 0.6) is 0 Å². The Bertz CT molecular complexity index is 932. The van der Waals surface area contributed by atoms with Gasteiger partial charge in [-0.05, 0) is 53.8 Å². The molecule has 3 heteroatoms. The molecule has 0 saturated heterocycles. The maximum atomic E-state index is 6.31. The summed E-state index contributed by atoms with van der Waals surface area (Å²) < 4.78 is 0. The molecule has 1 aromatic heterocycles. The summed E-state index contributed by atoms with van der Waals surface area (Å²) in [6.07, 6.45) is 16.0. The molecule has 25 heavy (non-hydrogen) atoms. The molecule has 0 amide bonds. The average Bonchev–Trinajstić information content (AvgIpc) is 2.69. The number of fused-ring (bicyclic) bond motifs is 4. The summed E-state index contributed by atoms with van der Waals surface area (Å²) in [6, 6.07) is 10.7. The molecule has 3 aromatic rings. The predicted molar refractivity (Wildman–Crippen MR) is 105 cm³/mol. The number of hydrogen-bond acceptors (Lipinski definition) is 2. The average molecular weight is 347 g/mol. The first-order chi connectivity index (χ1) is 12.3. The topological polar surface area (TPSA) is 25.8 Å². The maximum absolute atomic E-state index is 6.31. The Labute approximate surface area is 152 Å². The van der Waals surface area contributed by atoms with Crippen molar-refractivity contribution in [1.29, 1.82) is 0 Å². The van der Waals surface area contributed by atoms with E-state index in [2.05, 4.69) is 46.4 Å². The van der Waals surface area contributed by atoms with E-state index >= 15 is 0 Å². The highest BCUT2D eigenvalue weighted by Gasteiger charge is 2.20. The van der Waals surface area contributed by atoms with Gasteiger partial charge in [0.25, 0.3) is 0 Å². The van der Waals surface area contributed by atoms with Gasteiger partial charge >= 0.3 is 0 Å². The van der Waals surface area contributed by atoms with Crippen molar-refractivity contribution in [3.63, 3.8) is 0 Å². The van der Waals surface area contributed by atoms with E-state index < -0.39 is 0 Å². The van der Waals surface area contributed by atoms with Crippen LogP contribution in [-0.2, 0) is 6.42 Å². The molecule has 0 radical (unpaired) electrons. The lowest BCUT2D eigenvalue weighted by atomic mass is 9.79. The van der Waals surface area contributed by atoms with Crippen LogP contribution in [-0.4, -0.2) is 9.97 Å². The summed E-state index contributed by atoms with van der Waals surface area (Å²) in [6.45, 7) is 0. The summed E-state index contributed by atoms with van der Waals surface area (Å²) in [4.78, 5) is 7.44. The van der Waals surface area contributed by atoms with Gasteiger partial charge in [-0.3, -0.25) is 9.97 Å². The SMILES string of the molecule is Clc1cccc2c3c(ccc12)C1=C(CCC=C1)CC3.c1cnccn1. The van der Waals surface area contributed by atoms with Crippen LogP contribution in [0.4, 0.5) is 0 Å². The second kappa shape index (κ2) is 7.20. The molecule has 0 atom stereocenters. The molecule has 0 spiro atoms. The Morgan fingerprint density at radius 1 is 0.800 bits per heavy atom. The number of hydrogen-bond donors (Lipinski definition) is 0. The number of halogens is 1. The molecule has 1 heterocycles. The van der Waals surface area contributed by atoms with Crippen LogP contribution in [0.25, 0.3) is 16.3 Å². The van der Waals surface area contributed by atoms with Crippen LogP contribution in [0.1, 0.15) is 30.4 Å². The number of aryl methyl sites for hydroxylation is 1. The highest BCUT2D eigenvalue weighted by molar-refractivity contribution is 6.35. The fourth-order valence-corrected chi connectivity index (χ4v) is 3.92. The third-order valence-corrected chi connectivity index (χ3v) is 5.17. The summed E-state index contributed by atoms with van der Waals surface area (Å²) in [5.41, 5.74) is 6.00. The van der Waals surface area contributed by atoms with E-state index in [1.807, 2.05) is 6.07 Å². The van der Waals surface area contributed by atoms with E-state index in [4.69, 9.17) is 11.6 Å². The summed E-state index contributed by atoms with van der Waals surface area (Å²) in [7, 11) is 0. The molecular formula is C22H19ClN2. The first-order valence-electron chi connectivity index (χ1n) is 8.63. The minimum Gasteiger partial charge on any atom is -0.262 e. The van der Waals surface area contributed by atoms with Gasteiger partial charge in [0.1, 0.15) is 0 Å². The van der Waals surface area contributed by atoms with Crippen molar-refractivity contribution in [2.45, 2.75) is 25.7 Å². The number of aromatic nitrogens is 2. The minimum absolute atomic E-state index is 0.860. The number of allylic oxidation sites excluding steroid dienone is 4. The number of rotatable bonds is 0. The Kier molecular flexibility index (Phi) is 4.62. The van der Waals surface area contributed by atoms with Gasteiger partial charge in [-0.2, -0.15) is 0 Å². The number of nitrogens with zero attached hydrogens (tertiary/aromatic N) is 2. The second-order valence-corrected chi connectivity index (χ2v) is 6.69. The van der Waals surface area contributed by atoms with Crippen LogP contribution >= 0.6 is 11.6 Å². The third-order valence-electron chi connectivity index (χ3n) is 4.84. The molecule has 2 aromatic carbocycles. The summed E-state index contributed by atoms with van der Waals surface area (Å²) in [5, 5.41) is 3.38. The van der Waals surface area contributed by atoms with Crippen LogP contribution in [0.3, 0.4) is 0 Å². The van der Waals surface area contributed by atoms with Gasteiger partial charge in [-0.1, -0.05) is 53.6 Å². The van der Waals surface area contributed by atoms with Gasteiger partial charge < -0.3 is 0 Å². The molecule has 5 rings (SSSR count). The Balaban J connectivity index is 0.000000223. The lowest BCUT2D eigenvalue weighted by Gasteiger charge is -2.25. The number of benzene rings is 2. The molecule has 0 unspecified atom stereocenters. The van der Waals surface area contributed by atoms with Gasteiger partial charge in [0.15, 0.2) is 0 Å². The molecule has 0 saturated carbocycles. The zero-order valence-electron chi connectivity index (χ0n) is 14.0. The van der Waals surface area contributed by atoms with E-state index in [9.17, 15) is 0 Å². The molecule has 2 nitrogen and oxygen atoms in total. The van der Waals surface area contributed by atoms with Crippen molar-refractivity contribution in [3.8, 4) is 0 Å². The standard InChI is InChI=1S/C18H15Cl.C4H4N2/c19-18-7-3-6-14-16-9-8-12-4-1-2-5-13(12)15(16)10-11-17(14)18;1-2-6-4-3-5-1/h2-3,5-7,10-11H,1,4,8-9H2;1-4H. The normalized spacial score (nSPS) is 15.2. The largest absolute Gasteiger partial charge is 0.262 e. The molecule has 0 N–H and O–H groups in total. The first kappa shape index (κ1) is 16.0. The summed E-state index contributed by atoms with van der Waals surface area (Å²) in [5.74, 6) is 0. The molecule has 0 bridgehead atoms. The summed E-state index contributed by atoms with van der Waals surface area (Å²) >= 11 is 6.31. The van der Waals surface area contributed by atoms with E-state index in [-0.39, 0.29) is 0 Å². The lowest BCUT2D eigenvalue weighted by molar-refractivity contribution is 0.831. The zero-order chi connectivity index (χ0) is 17.1. The first-order valence-corrected chi connectivity index (χ1v) is 9.01. The Morgan fingerprint density at radius 2 is 1.60 bits per heavy atom. The van der Waals surface area contributed by atoms with Crippen molar-refractivity contribution in [3.05, 3.63) is 89.0 Å². The van der Waals surface area contributed by atoms with E-state index in [1.54, 1.807) is 30.4 Å². The van der Waals surface area contributed by atoms with Gasteiger partial charge in [-0.15, -0.1) is 0 Å². The molecule has 2 aliphatic rings. The van der Waals surface area contributed by atoms with E-state index in [0.29, 0.717) is 0 Å². The Hall–Kier alpha value is -2.45. The van der Waals surface area contributed by atoms with E-state index in [1.165, 1.54) is 46.7 Å².